The van der Waals surface area contributed by atoms with Crippen LogP contribution in [0.4, 0.5) is 0 Å². The van der Waals surface area contributed by atoms with Gasteiger partial charge < -0.3 is 0 Å². The molecule has 0 bridgehead atoms. The highest BCUT2D eigenvalue weighted by Crippen LogP contribution is 2.24. The molecular formula is C13H22ClSi2. The average Bonchev–Trinajstić information content (AvgIpc) is 2.32. The molecule has 0 saturated carbocycles. The topological polar surface area (TPSA) is 0 Å². The minimum atomic E-state index is -1.08. The Morgan fingerprint density at radius 3 is 2.00 bits per heavy atom. The molecule has 0 unspecified atom stereocenters. The lowest BCUT2D eigenvalue weighted by Gasteiger charge is -2.34. The van der Waals surface area contributed by atoms with E-state index in [2.05, 4.69) is 39.5 Å². The lowest BCUT2D eigenvalue weighted by molar-refractivity contribution is 1.21. The van der Waals surface area contributed by atoms with Crippen molar-refractivity contribution in [2.45, 2.75) is 45.5 Å². The maximum absolute atomic E-state index is 6.34. The van der Waals surface area contributed by atoms with Crippen LogP contribution < -0.4 is 5.19 Å². The van der Waals surface area contributed by atoms with Crippen LogP contribution in [0.5, 0.6) is 0 Å². The van der Waals surface area contributed by atoms with Gasteiger partial charge in [0.15, 0.2) is 0 Å². The molecule has 0 heterocycles. The summed E-state index contributed by atoms with van der Waals surface area (Å²) in [4.78, 5) is 0. The van der Waals surface area contributed by atoms with Gasteiger partial charge in [-0.25, -0.2) is 0 Å². The van der Waals surface area contributed by atoms with E-state index in [1.165, 1.54) is 23.3 Å². The summed E-state index contributed by atoms with van der Waals surface area (Å²) in [6, 6.07) is 12.7. The van der Waals surface area contributed by atoms with Crippen molar-refractivity contribution in [1.82, 2.24) is 0 Å². The predicted octanol–water partition coefficient (Wildman–Crippen LogP) is 4.26. The summed E-state index contributed by atoms with van der Waals surface area (Å²) >= 11 is 6.34. The summed E-state index contributed by atoms with van der Waals surface area (Å²) < 4.78 is 0. The second-order valence-corrected chi connectivity index (χ2v) is 16.8. The van der Waals surface area contributed by atoms with E-state index in [1.807, 2.05) is 12.1 Å². The minimum Gasteiger partial charge on any atom is -0.0845 e. The molecule has 0 amide bonds. The zero-order chi connectivity index (χ0) is 12.2. The van der Waals surface area contributed by atoms with Gasteiger partial charge in [-0.05, 0) is 11.3 Å². The fraction of sp³-hybridized carbons (Fsp3) is 0.538. The number of benzene rings is 1. The summed E-state index contributed by atoms with van der Waals surface area (Å²) in [5, 5.41) is 2.46. The number of halogens is 1. The van der Waals surface area contributed by atoms with Crippen LogP contribution in [0, 0.1) is 0 Å². The molecule has 3 heteroatoms. The number of hydrogen-bond acceptors (Lipinski definition) is 0. The molecule has 0 N–H and O–H groups in total. The van der Waals surface area contributed by atoms with Crippen molar-refractivity contribution in [2.75, 3.05) is 0 Å². The van der Waals surface area contributed by atoms with Gasteiger partial charge in [-0.1, -0.05) is 75.3 Å². The lowest BCUT2D eigenvalue weighted by Crippen LogP contribution is -2.55. The van der Waals surface area contributed by atoms with E-state index < -0.39 is 15.9 Å². The van der Waals surface area contributed by atoms with E-state index >= 15 is 0 Å². The van der Waals surface area contributed by atoms with E-state index in [0.29, 0.717) is 0 Å². The second-order valence-electron chi connectivity index (χ2n) is 4.45. The summed E-state index contributed by atoms with van der Waals surface area (Å²) in [6.07, 6.45) is 0. The molecule has 1 radical (unpaired) electrons. The van der Waals surface area contributed by atoms with Gasteiger partial charge in [0, 0.05) is 12.6 Å². The van der Waals surface area contributed by atoms with Crippen LogP contribution in [0.1, 0.15) is 20.8 Å². The van der Waals surface area contributed by atoms with Gasteiger partial charge in [-0.3, -0.25) is 0 Å². The van der Waals surface area contributed by atoms with E-state index in [0.717, 1.165) is 5.02 Å². The maximum Gasteiger partial charge on any atom is 0.0766 e. The maximum atomic E-state index is 6.34. The van der Waals surface area contributed by atoms with Gasteiger partial charge in [0.25, 0.3) is 0 Å². The molecule has 0 aliphatic carbocycles. The zero-order valence-corrected chi connectivity index (χ0v) is 13.6. The Morgan fingerprint density at radius 1 is 1.06 bits per heavy atom. The van der Waals surface area contributed by atoms with Gasteiger partial charge in [0.2, 0.25) is 0 Å². The molecule has 16 heavy (non-hydrogen) atoms. The second kappa shape index (κ2) is 6.03. The van der Waals surface area contributed by atoms with Gasteiger partial charge >= 0.3 is 0 Å². The molecule has 1 rings (SSSR count). The Morgan fingerprint density at radius 2 is 1.56 bits per heavy atom. The van der Waals surface area contributed by atoms with Crippen molar-refractivity contribution in [3.8, 4) is 0 Å². The Labute approximate surface area is 107 Å². The molecule has 0 fully saturated rings. The molecule has 0 aliphatic rings. The lowest BCUT2D eigenvalue weighted by atomic mass is 10.4. The van der Waals surface area contributed by atoms with Gasteiger partial charge in [-0.2, -0.15) is 0 Å². The van der Waals surface area contributed by atoms with E-state index in [1.54, 1.807) is 0 Å². The predicted molar refractivity (Wildman–Crippen MR) is 79.9 cm³/mol. The van der Waals surface area contributed by atoms with Crippen molar-refractivity contribution in [3.05, 3.63) is 29.3 Å². The Balaban J connectivity index is 3.08. The van der Waals surface area contributed by atoms with Crippen LogP contribution in [0.3, 0.4) is 0 Å². The molecule has 0 nitrogen and oxygen atoms in total. The Bertz CT molecular complexity index is 326. The van der Waals surface area contributed by atoms with Gasteiger partial charge in [-0.15, -0.1) is 0 Å². The first kappa shape index (κ1) is 14.0. The quantitative estimate of drug-likeness (QED) is 0.701. The Hall–Kier alpha value is -0.0562. The first-order chi connectivity index (χ1) is 7.61. The first-order valence-electron chi connectivity index (χ1n) is 6.20. The monoisotopic (exact) mass is 269 g/mol. The molecule has 0 aromatic heterocycles. The zero-order valence-electron chi connectivity index (χ0n) is 10.8. The van der Waals surface area contributed by atoms with Crippen LogP contribution >= 0.6 is 11.6 Å². The third-order valence-corrected chi connectivity index (χ3v) is 20.3. The summed E-state index contributed by atoms with van der Waals surface area (Å²) in [7, 11) is -1.52. The molecule has 1 aromatic carbocycles. The smallest absolute Gasteiger partial charge is 0.0766 e. The fourth-order valence-corrected chi connectivity index (χ4v) is 15.0. The minimum absolute atomic E-state index is 0.441. The highest BCUT2D eigenvalue weighted by molar-refractivity contribution is 7.37. The highest BCUT2D eigenvalue weighted by Gasteiger charge is 2.36. The SMILES string of the molecule is CC[Si](CC)(CC)[Si](C)c1ccccc1Cl. The molecule has 0 saturated heterocycles. The van der Waals surface area contributed by atoms with Crippen LogP contribution in [0.15, 0.2) is 24.3 Å². The normalized spacial score (nSPS) is 12.1. The average molecular weight is 270 g/mol. The van der Waals surface area contributed by atoms with E-state index in [4.69, 9.17) is 11.6 Å². The van der Waals surface area contributed by atoms with E-state index in [9.17, 15) is 0 Å². The van der Waals surface area contributed by atoms with Crippen molar-refractivity contribution in [3.63, 3.8) is 0 Å². The Kier molecular flexibility index (Phi) is 5.28. The molecule has 0 spiro atoms. The molecule has 89 valence electrons. The number of rotatable bonds is 5. The third-order valence-electron chi connectivity index (χ3n) is 4.10. The van der Waals surface area contributed by atoms with Crippen LogP contribution in [-0.4, -0.2) is 15.9 Å². The van der Waals surface area contributed by atoms with Crippen molar-refractivity contribution >= 4 is 32.7 Å². The summed E-state index contributed by atoms with van der Waals surface area (Å²) in [5.41, 5.74) is 0. The molecule has 0 aliphatic heterocycles. The third kappa shape index (κ3) is 2.61. The summed E-state index contributed by atoms with van der Waals surface area (Å²) in [6.45, 7) is 9.62. The van der Waals surface area contributed by atoms with Gasteiger partial charge in [0.05, 0.1) is 8.31 Å². The van der Waals surface area contributed by atoms with Crippen LogP contribution in [0.2, 0.25) is 29.7 Å². The fourth-order valence-electron chi connectivity index (χ4n) is 2.60. The molecular weight excluding hydrogens is 248 g/mol. The number of hydrogen-bond donors (Lipinski definition) is 0. The van der Waals surface area contributed by atoms with Crippen LogP contribution in [-0.2, 0) is 0 Å². The van der Waals surface area contributed by atoms with E-state index in [-0.39, 0.29) is 0 Å². The van der Waals surface area contributed by atoms with Crippen molar-refractivity contribution in [2.24, 2.45) is 0 Å². The summed E-state index contributed by atoms with van der Waals surface area (Å²) in [5.74, 6) is 0. The standard InChI is InChI=1S/C13H22ClSi2/c1-5-16(6-2,7-3)15(4)13-11-9-8-10-12(13)14/h8-11H,5-7H2,1-4H3. The largest absolute Gasteiger partial charge is 0.0845 e. The molecule has 1 aromatic rings. The highest BCUT2D eigenvalue weighted by atomic mass is 35.5. The van der Waals surface area contributed by atoms with Crippen LogP contribution in [0.25, 0.3) is 0 Å². The van der Waals surface area contributed by atoms with Crippen molar-refractivity contribution < 1.29 is 0 Å². The first-order valence-corrected chi connectivity index (χ1v) is 12.2. The van der Waals surface area contributed by atoms with Gasteiger partial charge in [0.1, 0.15) is 0 Å². The van der Waals surface area contributed by atoms with Crippen molar-refractivity contribution in [1.29, 1.82) is 0 Å². The molecule has 0 atom stereocenters.